The summed E-state index contributed by atoms with van der Waals surface area (Å²) in [4.78, 5) is 23.8. The number of aryl methyl sites for hydroxylation is 1. The molecule has 0 radical (unpaired) electrons. The van der Waals surface area contributed by atoms with E-state index in [9.17, 15) is 9.59 Å². The van der Waals surface area contributed by atoms with Gasteiger partial charge in [0, 0.05) is 16.7 Å². The third-order valence-electron chi connectivity index (χ3n) is 3.26. The Kier molecular flexibility index (Phi) is 5.76. The average molecular weight is 377 g/mol. The van der Waals surface area contributed by atoms with Gasteiger partial charge < -0.3 is 15.4 Å². The molecule has 2 aromatic carbocycles. The molecule has 0 saturated heterocycles. The number of carbonyl (C=O) groups excluding carboxylic acids is 2. The van der Waals surface area contributed by atoms with E-state index in [1.54, 1.807) is 31.4 Å². The second-order valence-electron chi connectivity index (χ2n) is 4.94. The number of hydrogen-bond acceptors (Lipinski definition) is 3. The van der Waals surface area contributed by atoms with E-state index in [-0.39, 0.29) is 6.54 Å². The zero-order chi connectivity index (χ0) is 16.8. The van der Waals surface area contributed by atoms with E-state index in [0.29, 0.717) is 5.69 Å². The molecular formula is C17H17BrN2O3. The summed E-state index contributed by atoms with van der Waals surface area (Å²) in [7, 11) is 1.59. The zero-order valence-corrected chi connectivity index (χ0v) is 14.4. The van der Waals surface area contributed by atoms with Gasteiger partial charge >= 0.3 is 11.8 Å². The van der Waals surface area contributed by atoms with Crippen LogP contribution in [0, 0.1) is 6.92 Å². The molecule has 2 N–H and O–H groups in total. The van der Waals surface area contributed by atoms with Gasteiger partial charge in [0.1, 0.15) is 5.75 Å². The van der Waals surface area contributed by atoms with Gasteiger partial charge in [-0.1, -0.05) is 28.1 Å². The Morgan fingerprint density at radius 1 is 1.09 bits per heavy atom. The third-order valence-corrected chi connectivity index (χ3v) is 3.75. The molecule has 0 aliphatic carbocycles. The van der Waals surface area contributed by atoms with Crippen molar-refractivity contribution in [3.63, 3.8) is 0 Å². The van der Waals surface area contributed by atoms with Gasteiger partial charge in [0.15, 0.2) is 0 Å². The van der Waals surface area contributed by atoms with Crippen LogP contribution in [0.4, 0.5) is 5.69 Å². The highest BCUT2D eigenvalue weighted by molar-refractivity contribution is 9.10. The van der Waals surface area contributed by atoms with E-state index in [4.69, 9.17) is 4.74 Å². The van der Waals surface area contributed by atoms with E-state index in [1.807, 2.05) is 25.1 Å². The molecule has 0 fully saturated rings. The number of halogens is 1. The molecule has 23 heavy (non-hydrogen) atoms. The van der Waals surface area contributed by atoms with Crippen LogP contribution in [0.15, 0.2) is 46.9 Å². The molecule has 0 atom stereocenters. The summed E-state index contributed by atoms with van der Waals surface area (Å²) in [6.07, 6.45) is 0. The third kappa shape index (κ3) is 4.82. The summed E-state index contributed by atoms with van der Waals surface area (Å²) in [5.41, 5.74) is 2.36. The largest absolute Gasteiger partial charge is 0.497 e. The van der Waals surface area contributed by atoms with Crippen LogP contribution in [0.5, 0.6) is 5.75 Å². The summed E-state index contributed by atoms with van der Waals surface area (Å²) in [6.45, 7) is 2.13. The van der Waals surface area contributed by atoms with Crippen molar-refractivity contribution in [1.29, 1.82) is 0 Å². The summed E-state index contributed by atoms with van der Waals surface area (Å²) in [6, 6.07) is 12.7. The number of carbonyl (C=O) groups is 2. The van der Waals surface area contributed by atoms with Gasteiger partial charge in [-0.05, 0) is 48.4 Å². The highest BCUT2D eigenvalue weighted by Gasteiger charge is 2.14. The first-order valence-electron chi connectivity index (χ1n) is 6.98. The zero-order valence-electron chi connectivity index (χ0n) is 12.9. The molecule has 0 spiro atoms. The van der Waals surface area contributed by atoms with E-state index in [0.717, 1.165) is 21.3 Å². The smallest absolute Gasteiger partial charge is 0.313 e. The lowest BCUT2D eigenvalue weighted by atomic mass is 10.2. The minimum Gasteiger partial charge on any atom is -0.497 e. The maximum absolute atomic E-state index is 11.9. The van der Waals surface area contributed by atoms with Gasteiger partial charge in [-0.15, -0.1) is 0 Å². The molecule has 2 rings (SSSR count). The van der Waals surface area contributed by atoms with E-state index >= 15 is 0 Å². The van der Waals surface area contributed by atoms with Crippen molar-refractivity contribution in [1.82, 2.24) is 5.32 Å². The Balaban J connectivity index is 1.90. The molecule has 5 nitrogen and oxygen atoms in total. The highest BCUT2D eigenvalue weighted by atomic mass is 79.9. The molecule has 0 heterocycles. The number of methoxy groups -OCH3 is 1. The molecule has 0 unspecified atom stereocenters. The van der Waals surface area contributed by atoms with Crippen LogP contribution in [0.25, 0.3) is 0 Å². The molecular weight excluding hydrogens is 360 g/mol. The van der Waals surface area contributed by atoms with E-state index < -0.39 is 11.8 Å². The van der Waals surface area contributed by atoms with Crippen LogP contribution in [-0.2, 0) is 16.1 Å². The standard InChI is InChI=1S/C17H17BrN2O3/c1-11-9-13(18)5-8-15(11)20-17(22)16(21)19-10-12-3-6-14(23-2)7-4-12/h3-9H,10H2,1-2H3,(H,19,21)(H,20,22). The second-order valence-corrected chi connectivity index (χ2v) is 5.86. The van der Waals surface area contributed by atoms with Crippen LogP contribution in [0.2, 0.25) is 0 Å². The normalized spacial score (nSPS) is 10.0. The van der Waals surface area contributed by atoms with Crippen LogP contribution < -0.4 is 15.4 Å². The van der Waals surface area contributed by atoms with Gasteiger partial charge in [-0.25, -0.2) is 0 Å². The van der Waals surface area contributed by atoms with Gasteiger partial charge in [0.25, 0.3) is 0 Å². The number of benzene rings is 2. The van der Waals surface area contributed by atoms with Gasteiger partial charge in [0.05, 0.1) is 7.11 Å². The van der Waals surface area contributed by atoms with E-state index in [2.05, 4.69) is 26.6 Å². The molecule has 6 heteroatoms. The first-order chi connectivity index (χ1) is 11.0. The lowest BCUT2D eigenvalue weighted by Gasteiger charge is -2.09. The molecule has 0 saturated carbocycles. The Bertz CT molecular complexity index is 714. The van der Waals surface area contributed by atoms with Crippen LogP contribution in [0.1, 0.15) is 11.1 Å². The number of amides is 2. The molecule has 120 valence electrons. The minimum absolute atomic E-state index is 0.273. The summed E-state index contributed by atoms with van der Waals surface area (Å²) < 4.78 is 5.98. The first-order valence-corrected chi connectivity index (χ1v) is 7.77. The fourth-order valence-corrected chi connectivity index (χ4v) is 2.43. The minimum atomic E-state index is -0.691. The number of nitrogens with one attached hydrogen (secondary N) is 2. The molecule has 0 aromatic heterocycles. The van der Waals surface area contributed by atoms with Crippen LogP contribution in [0.3, 0.4) is 0 Å². The fourth-order valence-electron chi connectivity index (χ4n) is 1.95. The van der Waals surface area contributed by atoms with Crippen LogP contribution in [-0.4, -0.2) is 18.9 Å². The molecule has 2 aromatic rings. The van der Waals surface area contributed by atoms with Crippen molar-refractivity contribution in [2.75, 3.05) is 12.4 Å². The summed E-state index contributed by atoms with van der Waals surface area (Å²) >= 11 is 3.35. The molecule has 0 aliphatic rings. The average Bonchev–Trinajstić information content (AvgIpc) is 2.55. The van der Waals surface area contributed by atoms with Gasteiger partial charge in [0.2, 0.25) is 0 Å². The van der Waals surface area contributed by atoms with Crippen molar-refractivity contribution in [3.8, 4) is 5.75 Å². The predicted octanol–water partition coefficient (Wildman–Crippen LogP) is 3.02. The maximum atomic E-state index is 11.9. The van der Waals surface area contributed by atoms with Crippen molar-refractivity contribution in [2.45, 2.75) is 13.5 Å². The topological polar surface area (TPSA) is 67.4 Å². The van der Waals surface area contributed by atoms with Crippen molar-refractivity contribution < 1.29 is 14.3 Å². The Morgan fingerprint density at radius 3 is 2.39 bits per heavy atom. The Hall–Kier alpha value is -2.34. The summed E-state index contributed by atoms with van der Waals surface area (Å²) in [5, 5.41) is 5.19. The van der Waals surface area contributed by atoms with Crippen molar-refractivity contribution in [2.24, 2.45) is 0 Å². The first kappa shape index (κ1) is 17.0. The Labute approximate surface area is 143 Å². The Morgan fingerprint density at radius 2 is 1.78 bits per heavy atom. The number of hydrogen-bond donors (Lipinski definition) is 2. The highest BCUT2D eigenvalue weighted by Crippen LogP contribution is 2.19. The lowest BCUT2D eigenvalue weighted by molar-refractivity contribution is -0.136. The number of rotatable bonds is 4. The van der Waals surface area contributed by atoms with Gasteiger partial charge in [-0.2, -0.15) is 0 Å². The molecule has 2 amide bonds. The number of ether oxygens (including phenoxy) is 1. The van der Waals surface area contributed by atoms with E-state index in [1.165, 1.54) is 0 Å². The second kappa shape index (κ2) is 7.78. The predicted molar refractivity (Wildman–Crippen MR) is 92.3 cm³/mol. The van der Waals surface area contributed by atoms with Crippen molar-refractivity contribution in [3.05, 3.63) is 58.1 Å². The maximum Gasteiger partial charge on any atom is 0.313 e. The molecule has 0 bridgehead atoms. The number of anilines is 1. The quantitative estimate of drug-likeness (QED) is 0.805. The fraction of sp³-hybridized carbons (Fsp3) is 0.176. The summed E-state index contributed by atoms with van der Waals surface area (Å²) in [5.74, 6) is -0.629. The van der Waals surface area contributed by atoms with Crippen LogP contribution >= 0.6 is 15.9 Å². The molecule has 0 aliphatic heterocycles. The van der Waals surface area contributed by atoms with Crippen molar-refractivity contribution >= 4 is 33.4 Å². The lowest BCUT2D eigenvalue weighted by Crippen LogP contribution is -2.35. The SMILES string of the molecule is COc1ccc(CNC(=O)C(=O)Nc2ccc(Br)cc2C)cc1. The van der Waals surface area contributed by atoms with Gasteiger partial charge in [-0.3, -0.25) is 9.59 Å². The monoisotopic (exact) mass is 376 g/mol.